The van der Waals surface area contributed by atoms with Crippen LogP contribution in [0.3, 0.4) is 0 Å². The van der Waals surface area contributed by atoms with Crippen LogP contribution in [0.15, 0.2) is 217 Å². The molecule has 6 aromatic carbocycles. The Morgan fingerprint density at radius 3 is 1.64 bits per heavy atom. The number of rotatable bonds is 33. The summed E-state index contributed by atoms with van der Waals surface area (Å²) < 4.78 is 102. The molecule has 0 saturated carbocycles. The zero-order valence-electron chi connectivity index (χ0n) is 64.4. The molecule has 6 aromatic rings. The second-order valence-electron chi connectivity index (χ2n) is 32.6. The summed E-state index contributed by atoms with van der Waals surface area (Å²) in [5, 5.41) is 26.1. The number of sulfone groups is 1. The number of esters is 1. The average molecular weight is 1520 g/mol. The van der Waals surface area contributed by atoms with Crippen molar-refractivity contribution in [3.05, 3.63) is 218 Å². The Labute approximate surface area is 637 Å². The topological polar surface area (TPSA) is 201 Å². The van der Waals surface area contributed by atoms with Crippen LogP contribution in [0, 0.1) is 17.8 Å². The van der Waals surface area contributed by atoms with Crippen molar-refractivity contribution in [3.8, 4) is 0 Å². The Hall–Kier alpha value is -6.34. The van der Waals surface area contributed by atoms with Crippen molar-refractivity contribution in [2.75, 3.05) is 20.8 Å². The van der Waals surface area contributed by atoms with Crippen LogP contribution in [0.1, 0.15) is 150 Å². The summed E-state index contributed by atoms with van der Waals surface area (Å²) in [5.74, 6) is -0.652. The number of aliphatic hydroxyl groups is 2. The van der Waals surface area contributed by atoms with Crippen molar-refractivity contribution >= 4 is 59.0 Å². The van der Waals surface area contributed by atoms with E-state index >= 15 is 13.2 Å². The van der Waals surface area contributed by atoms with Crippen LogP contribution in [-0.4, -0.2) is 165 Å². The maximum atomic E-state index is 15.6. The van der Waals surface area contributed by atoms with Gasteiger partial charge in [0.15, 0.2) is 16.1 Å². The molecule has 5 aliphatic rings. The van der Waals surface area contributed by atoms with E-state index in [1.54, 1.807) is 56.7 Å². The molecule has 2 N–H and O–H groups in total. The van der Waals surface area contributed by atoms with Gasteiger partial charge in [-0.25, -0.2) is 13.2 Å². The Morgan fingerprint density at radius 1 is 0.607 bits per heavy atom. The normalized spacial score (nSPS) is 26.7. The van der Waals surface area contributed by atoms with E-state index in [1.807, 2.05) is 80.6 Å². The molecule has 0 aromatic heterocycles. The summed E-state index contributed by atoms with van der Waals surface area (Å²) in [6.07, 6.45) is -7.39. The summed E-state index contributed by atoms with van der Waals surface area (Å²) in [6, 6.07) is 58.9. The van der Waals surface area contributed by atoms with E-state index < -0.39 is 121 Å². The van der Waals surface area contributed by atoms with E-state index in [1.165, 1.54) is 0 Å². The fourth-order valence-electron chi connectivity index (χ4n) is 17.6. The van der Waals surface area contributed by atoms with Crippen molar-refractivity contribution < 1.29 is 75.0 Å². The molecule has 0 amide bonds. The number of ether oxygens (including phenoxy) is 8. The quantitative estimate of drug-likeness (QED) is 0.0129. The molecule has 0 bridgehead atoms. The molecule has 576 valence electrons. The van der Waals surface area contributed by atoms with Crippen LogP contribution >= 0.6 is 0 Å². The minimum atomic E-state index is -4.32. The highest BCUT2D eigenvalue weighted by Gasteiger charge is 2.65. The number of carbonyl (C=O) groups is 2. The van der Waals surface area contributed by atoms with E-state index in [0.717, 1.165) is 31.9 Å². The maximum absolute atomic E-state index is 15.6. The third-order valence-electron chi connectivity index (χ3n) is 23.2. The second-order valence-corrected chi connectivity index (χ2v) is 43.3. The molecule has 16 nitrogen and oxygen atoms in total. The standard InChI is InChI=1S/C88H114O16SSi2/c1-14-58(2)49-63(89)45-47-74-60(4)51-66(98-74)54-79(105(93,94)67-35-23-16-24-36-67)73(91)55-78-82(103-106(87(6,7)8,68-37-25-17-26-38-68)69-39-27-18-28-40-69)83-84(102-78)85(104-107(88(9,10)11,70-41-29-19-30-42-70)71-43-31-20-32-44-71)81-75(101-83)48-46-65(99-81)52-64(90)53-72-61(5)76(100-77(72)56-80(95-12)96-13)50-59(3)57-97-86(92)62-33-21-15-22-34-62/h15-44,59,61,63,65-66,72-85,89,91H,1,4,45-57H2,2-3,5-13H3/t59-,61+,63-,65+,66?,72?,73?,74-,75-,76+,77-,78?,79?,81-,82-,83-,84+,85-/m0/s1. The number of Topliss-reactive ketones (excluding diaryl/α,β-unsaturated/α-hetero) is 1. The van der Waals surface area contributed by atoms with Gasteiger partial charge >= 0.3 is 5.97 Å². The maximum Gasteiger partial charge on any atom is 0.338 e. The highest BCUT2D eigenvalue weighted by Crippen LogP contribution is 2.50. The number of aliphatic hydroxyl groups excluding tert-OH is 2. The number of methoxy groups -OCH3 is 2. The van der Waals surface area contributed by atoms with Gasteiger partial charge in [-0.2, -0.15) is 0 Å². The highest BCUT2D eigenvalue weighted by molar-refractivity contribution is 7.92. The number of hydrogen-bond donors (Lipinski definition) is 2. The number of fused-ring (bicyclic) bond motifs is 2. The van der Waals surface area contributed by atoms with Crippen LogP contribution in [0.4, 0.5) is 0 Å². The molecule has 0 radical (unpaired) electrons. The van der Waals surface area contributed by atoms with Gasteiger partial charge in [-0.1, -0.05) is 226 Å². The lowest BCUT2D eigenvalue weighted by Gasteiger charge is -2.53. The van der Waals surface area contributed by atoms with Crippen LogP contribution < -0.4 is 20.7 Å². The average Bonchev–Trinajstić information content (AvgIpc) is 1.71. The number of hydrogen-bond acceptors (Lipinski definition) is 16. The van der Waals surface area contributed by atoms with Crippen LogP contribution in [0.5, 0.6) is 0 Å². The number of ketones is 1. The van der Waals surface area contributed by atoms with Crippen molar-refractivity contribution in [1.29, 1.82) is 0 Å². The van der Waals surface area contributed by atoms with Gasteiger partial charge in [0.05, 0.1) is 77.3 Å². The van der Waals surface area contributed by atoms with E-state index in [-0.39, 0.29) is 78.9 Å². The Morgan fingerprint density at radius 2 is 1.12 bits per heavy atom. The van der Waals surface area contributed by atoms with Gasteiger partial charge in [0.1, 0.15) is 36.3 Å². The summed E-state index contributed by atoms with van der Waals surface area (Å²) in [5.41, 5.74) is 5.01. The first kappa shape index (κ1) is 81.6. The lowest BCUT2D eigenvalue weighted by Crippen LogP contribution is -2.73. The van der Waals surface area contributed by atoms with E-state index in [9.17, 15) is 15.0 Å². The molecule has 18 atom stereocenters. The first-order valence-corrected chi connectivity index (χ1v) is 43.9. The van der Waals surface area contributed by atoms with Gasteiger partial charge in [-0.15, -0.1) is 5.73 Å². The summed E-state index contributed by atoms with van der Waals surface area (Å²) >= 11 is 0. The molecule has 5 fully saturated rings. The minimum Gasteiger partial charge on any atom is -0.462 e. The van der Waals surface area contributed by atoms with Crippen molar-refractivity contribution in [2.24, 2.45) is 17.8 Å². The molecule has 5 unspecified atom stereocenters. The monoisotopic (exact) mass is 1510 g/mol. The van der Waals surface area contributed by atoms with E-state index in [0.29, 0.717) is 56.9 Å². The molecule has 19 heteroatoms. The molecular weight excluding hydrogens is 1400 g/mol. The van der Waals surface area contributed by atoms with Crippen molar-refractivity contribution in [2.45, 2.75) is 251 Å². The van der Waals surface area contributed by atoms with Gasteiger partial charge in [-0.3, -0.25) is 4.79 Å². The molecule has 0 aliphatic carbocycles. The first-order chi connectivity index (χ1) is 51.2. The number of carbonyl (C=O) groups excluding carboxylic acids is 2. The smallest absolute Gasteiger partial charge is 0.338 e. The molecule has 107 heavy (non-hydrogen) atoms. The Balaban J connectivity index is 0.972. The van der Waals surface area contributed by atoms with Crippen molar-refractivity contribution in [3.63, 3.8) is 0 Å². The van der Waals surface area contributed by atoms with Crippen LogP contribution in [0.2, 0.25) is 10.1 Å². The molecular formula is C88H114O16SSi2. The molecule has 5 aliphatic heterocycles. The second kappa shape index (κ2) is 35.8. The van der Waals surface area contributed by atoms with Crippen LogP contribution in [-0.2, 0) is 61.4 Å². The molecule has 5 heterocycles. The van der Waals surface area contributed by atoms with E-state index in [4.69, 9.17) is 46.7 Å². The van der Waals surface area contributed by atoms with Gasteiger partial charge in [0.25, 0.3) is 16.6 Å². The Kier molecular flexibility index (Phi) is 27.3. The lowest BCUT2D eigenvalue weighted by atomic mass is 9.80. The third-order valence-corrected chi connectivity index (χ3v) is 35.4. The van der Waals surface area contributed by atoms with E-state index in [2.05, 4.69) is 140 Å². The fraction of sp³-hybridized carbons (Fsp3) is 0.511. The summed E-state index contributed by atoms with van der Waals surface area (Å²) in [4.78, 5) is 28.3. The largest absolute Gasteiger partial charge is 0.462 e. The molecule has 11 rings (SSSR count). The molecule has 5 saturated heterocycles. The number of benzene rings is 6. The first-order valence-electron chi connectivity index (χ1n) is 38.5. The SMILES string of the molecule is C=C=C(C)C[C@@H](O)CC[C@@H]1OC(CC(C(O)CC2O[C@H]3[C@@H](O[Si](c4ccccc4)(c4ccccc4)C(C)(C)C)[C@H]4O[C@@H](CC(=O)CC5[C@H](CC(OC)OC)O[C@H](C[C@H](C)COC(=O)c6ccccc6)[C@@H]5C)CC[C@@H]4O[C@H]3[C@H]2O[Si](c2ccccc2)(c2ccccc2)C(C)(C)C)S(=O)(=O)c2ccccc2)CC1=C. The minimum absolute atomic E-state index is 0.0217. The third kappa shape index (κ3) is 18.5. The lowest BCUT2D eigenvalue weighted by molar-refractivity contribution is -0.254. The van der Waals surface area contributed by atoms with Gasteiger partial charge in [-0.05, 0) is 136 Å². The zero-order chi connectivity index (χ0) is 76.4. The predicted octanol–water partition coefficient (Wildman–Crippen LogP) is 13.2. The van der Waals surface area contributed by atoms with Gasteiger partial charge in [0.2, 0.25) is 0 Å². The Bertz CT molecular complexity index is 3940. The van der Waals surface area contributed by atoms with Gasteiger partial charge in [0, 0.05) is 46.3 Å². The highest BCUT2D eigenvalue weighted by atomic mass is 32.2. The molecule has 0 spiro atoms. The fourth-order valence-corrected chi connectivity index (χ4v) is 28.9. The summed E-state index contributed by atoms with van der Waals surface area (Å²) in [6.45, 7) is 27.8. The predicted molar refractivity (Wildman–Crippen MR) is 422 cm³/mol. The van der Waals surface area contributed by atoms with Crippen molar-refractivity contribution in [1.82, 2.24) is 0 Å². The summed E-state index contributed by atoms with van der Waals surface area (Å²) in [7, 11) is -8.26. The van der Waals surface area contributed by atoms with Gasteiger partial charge < -0.3 is 57.0 Å². The van der Waals surface area contributed by atoms with Crippen LogP contribution in [0.25, 0.3) is 0 Å². The zero-order valence-corrected chi connectivity index (χ0v) is 67.2.